The van der Waals surface area contributed by atoms with Crippen molar-refractivity contribution in [3.8, 4) is 0 Å². The molecule has 7 nitrogen and oxygen atoms in total. The van der Waals surface area contributed by atoms with E-state index in [1.807, 2.05) is 6.92 Å². The summed E-state index contributed by atoms with van der Waals surface area (Å²) in [6.07, 6.45) is 0. The van der Waals surface area contributed by atoms with Crippen LogP contribution in [0, 0.1) is 6.92 Å². The van der Waals surface area contributed by atoms with E-state index in [4.69, 9.17) is 0 Å². The van der Waals surface area contributed by atoms with Gasteiger partial charge in [-0.15, -0.1) is 0 Å². The number of nitrogens with zero attached hydrogens (tertiary/aromatic N) is 2. The highest BCUT2D eigenvalue weighted by Crippen LogP contribution is 2.16. The number of nitrogens with one attached hydrogen (secondary N) is 3. The normalized spacial score (nSPS) is 16.0. The van der Waals surface area contributed by atoms with Crippen molar-refractivity contribution in [2.75, 3.05) is 32.7 Å². The van der Waals surface area contributed by atoms with Gasteiger partial charge in [0.2, 0.25) is 5.91 Å². The fourth-order valence-corrected chi connectivity index (χ4v) is 2.62. The standard InChI is InChI=1S/C18H27N5O2/c1-4-19-17(20-8-9-23-16(24)12-22-18(23)25)21-11-14(3)15-7-5-6-13(2)10-15/h5-7,10,14H,4,8-9,11-12H2,1-3H3,(H,22,25)(H2,19,20,21). The summed E-state index contributed by atoms with van der Waals surface area (Å²) in [4.78, 5) is 28.9. The van der Waals surface area contributed by atoms with Crippen molar-refractivity contribution in [3.05, 3.63) is 35.4 Å². The molecule has 1 aromatic carbocycles. The van der Waals surface area contributed by atoms with Gasteiger partial charge in [0.25, 0.3) is 0 Å². The molecule has 1 unspecified atom stereocenters. The second-order valence-corrected chi connectivity index (χ2v) is 6.17. The van der Waals surface area contributed by atoms with Crippen LogP contribution in [-0.2, 0) is 4.79 Å². The minimum Gasteiger partial charge on any atom is -0.357 e. The summed E-state index contributed by atoms with van der Waals surface area (Å²) in [6, 6.07) is 8.11. The van der Waals surface area contributed by atoms with Crippen LogP contribution in [0.2, 0.25) is 0 Å². The van der Waals surface area contributed by atoms with E-state index in [0.717, 1.165) is 6.54 Å². The Kier molecular flexibility index (Phi) is 6.80. The number of benzene rings is 1. The van der Waals surface area contributed by atoms with Crippen molar-refractivity contribution in [2.45, 2.75) is 26.7 Å². The Morgan fingerprint density at radius 3 is 2.80 bits per heavy atom. The van der Waals surface area contributed by atoms with E-state index < -0.39 is 0 Å². The van der Waals surface area contributed by atoms with Crippen LogP contribution in [0.3, 0.4) is 0 Å². The first-order valence-corrected chi connectivity index (χ1v) is 8.68. The number of hydrogen-bond donors (Lipinski definition) is 3. The van der Waals surface area contributed by atoms with Gasteiger partial charge in [0.15, 0.2) is 5.96 Å². The smallest absolute Gasteiger partial charge is 0.324 e. The molecule has 3 amide bonds. The molecule has 3 N–H and O–H groups in total. The lowest BCUT2D eigenvalue weighted by Crippen LogP contribution is -2.43. The molecule has 1 fully saturated rings. The Bertz CT molecular complexity index is 628. The third kappa shape index (κ3) is 5.48. The van der Waals surface area contributed by atoms with Crippen LogP contribution in [0.4, 0.5) is 4.79 Å². The fraction of sp³-hybridized carbons (Fsp3) is 0.500. The lowest BCUT2D eigenvalue weighted by atomic mass is 10.00. The van der Waals surface area contributed by atoms with Gasteiger partial charge in [-0.25, -0.2) is 4.79 Å². The van der Waals surface area contributed by atoms with E-state index in [-0.39, 0.29) is 18.5 Å². The Labute approximate surface area is 148 Å². The van der Waals surface area contributed by atoms with Crippen molar-refractivity contribution in [2.24, 2.45) is 4.99 Å². The van der Waals surface area contributed by atoms with Gasteiger partial charge in [-0.3, -0.25) is 14.7 Å². The monoisotopic (exact) mass is 345 g/mol. The molecule has 0 saturated carbocycles. The molecule has 1 atom stereocenters. The minimum absolute atomic E-state index is 0.0843. The summed E-state index contributed by atoms with van der Waals surface area (Å²) in [5.41, 5.74) is 2.51. The van der Waals surface area contributed by atoms with Gasteiger partial charge in [-0.2, -0.15) is 0 Å². The minimum atomic E-state index is -0.332. The molecule has 0 aliphatic carbocycles. The van der Waals surface area contributed by atoms with Crippen molar-refractivity contribution < 1.29 is 9.59 Å². The predicted octanol–water partition coefficient (Wildman–Crippen LogP) is 1.21. The third-order valence-electron chi connectivity index (χ3n) is 4.04. The van der Waals surface area contributed by atoms with Crippen LogP contribution < -0.4 is 16.0 Å². The first-order chi connectivity index (χ1) is 12.0. The van der Waals surface area contributed by atoms with Crippen LogP contribution in [0.15, 0.2) is 29.3 Å². The van der Waals surface area contributed by atoms with Crippen molar-refractivity contribution in [1.82, 2.24) is 20.9 Å². The molecule has 0 radical (unpaired) electrons. The number of aliphatic imine (C=N–C) groups is 1. The van der Waals surface area contributed by atoms with Crippen molar-refractivity contribution >= 4 is 17.9 Å². The van der Waals surface area contributed by atoms with Crippen LogP contribution in [0.1, 0.15) is 30.9 Å². The summed E-state index contributed by atoms with van der Waals surface area (Å²) in [6.45, 7) is 8.50. The number of carbonyl (C=O) groups is 2. The molecule has 0 bridgehead atoms. The molecule has 1 heterocycles. The molecule has 136 valence electrons. The van der Waals surface area contributed by atoms with Crippen LogP contribution >= 0.6 is 0 Å². The Morgan fingerprint density at radius 1 is 1.36 bits per heavy atom. The second kappa shape index (κ2) is 9.05. The number of guanidine groups is 1. The number of aryl methyl sites for hydroxylation is 1. The summed E-state index contributed by atoms with van der Waals surface area (Å²) in [5, 5.41) is 8.86. The second-order valence-electron chi connectivity index (χ2n) is 6.17. The van der Waals surface area contributed by atoms with E-state index in [1.165, 1.54) is 16.0 Å². The molecular weight excluding hydrogens is 318 g/mol. The van der Waals surface area contributed by atoms with E-state index in [9.17, 15) is 9.59 Å². The molecular formula is C18H27N5O2. The molecule has 1 aromatic rings. The van der Waals surface area contributed by atoms with Gasteiger partial charge in [0.1, 0.15) is 0 Å². The van der Waals surface area contributed by atoms with E-state index in [2.05, 4.69) is 59.1 Å². The van der Waals surface area contributed by atoms with Crippen molar-refractivity contribution in [3.63, 3.8) is 0 Å². The first kappa shape index (κ1) is 18.8. The average molecular weight is 345 g/mol. The van der Waals surface area contributed by atoms with Gasteiger partial charge in [0, 0.05) is 32.1 Å². The highest BCUT2D eigenvalue weighted by molar-refractivity contribution is 6.01. The van der Waals surface area contributed by atoms with Crippen LogP contribution in [-0.4, -0.2) is 55.5 Å². The van der Waals surface area contributed by atoms with Crippen LogP contribution in [0.25, 0.3) is 0 Å². The molecule has 1 aliphatic heterocycles. The Balaban J connectivity index is 1.87. The van der Waals surface area contributed by atoms with E-state index in [1.54, 1.807) is 0 Å². The number of amides is 3. The number of hydrogen-bond acceptors (Lipinski definition) is 3. The maximum atomic E-state index is 11.6. The fourth-order valence-electron chi connectivity index (χ4n) is 2.62. The van der Waals surface area contributed by atoms with Gasteiger partial charge >= 0.3 is 6.03 Å². The Morgan fingerprint density at radius 2 is 2.16 bits per heavy atom. The van der Waals surface area contributed by atoms with Gasteiger partial charge in [-0.1, -0.05) is 36.8 Å². The summed E-state index contributed by atoms with van der Waals surface area (Å²) >= 11 is 0. The number of carbonyl (C=O) groups excluding carboxylic acids is 2. The summed E-state index contributed by atoms with van der Waals surface area (Å²) in [7, 11) is 0. The molecule has 1 aliphatic rings. The number of imide groups is 1. The number of urea groups is 1. The zero-order valence-corrected chi connectivity index (χ0v) is 15.1. The zero-order valence-electron chi connectivity index (χ0n) is 15.1. The topological polar surface area (TPSA) is 85.8 Å². The lowest BCUT2D eigenvalue weighted by Gasteiger charge is -2.16. The van der Waals surface area contributed by atoms with Gasteiger partial charge in [-0.05, 0) is 19.4 Å². The average Bonchev–Trinajstić information content (AvgIpc) is 2.91. The van der Waals surface area contributed by atoms with Gasteiger partial charge in [0.05, 0.1) is 6.54 Å². The largest absolute Gasteiger partial charge is 0.357 e. The SMILES string of the molecule is CCNC(=NCC(C)c1cccc(C)c1)NCCN1C(=O)CNC1=O. The lowest BCUT2D eigenvalue weighted by molar-refractivity contribution is -0.124. The molecule has 25 heavy (non-hydrogen) atoms. The zero-order chi connectivity index (χ0) is 18.2. The predicted molar refractivity (Wildman–Crippen MR) is 98.7 cm³/mol. The molecule has 1 saturated heterocycles. The maximum absolute atomic E-state index is 11.6. The Hall–Kier alpha value is -2.57. The van der Waals surface area contributed by atoms with E-state index in [0.29, 0.717) is 31.5 Å². The van der Waals surface area contributed by atoms with Gasteiger partial charge < -0.3 is 16.0 Å². The molecule has 0 spiro atoms. The summed E-state index contributed by atoms with van der Waals surface area (Å²) < 4.78 is 0. The molecule has 7 heteroatoms. The van der Waals surface area contributed by atoms with E-state index >= 15 is 0 Å². The first-order valence-electron chi connectivity index (χ1n) is 8.68. The molecule has 0 aromatic heterocycles. The summed E-state index contributed by atoms with van der Waals surface area (Å²) in [5.74, 6) is 0.803. The van der Waals surface area contributed by atoms with Crippen molar-refractivity contribution in [1.29, 1.82) is 0 Å². The van der Waals surface area contributed by atoms with Crippen LogP contribution in [0.5, 0.6) is 0 Å². The maximum Gasteiger partial charge on any atom is 0.324 e. The third-order valence-corrected chi connectivity index (χ3v) is 4.04. The highest BCUT2D eigenvalue weighted by Gasteiger charge is 2.27. The highest BCUT2D eigenvalue weighted by atomic mass is 16.2. The quantitative estimate of drug-likeness (QED) is 0.394. The number of rotatable bonds is 7. The molecule has 2 rings (SSSR count).